The summed E-state index contributed by atoms with van der Waals surface area (Å²) in [7, 11) is 2.29. The molecular weight excluding hydrogens is 282 g/mol. The van der Waals surface area contributed by atoms with E-state index >= 15 is 0 Å². The quantitative estimate of drug-likeness (QED) is 0.795. The van der Waals surface area contributed by atoms with Crippen LogP contribution >= 0.6 is 11.6 Å². The zero-order valence-electron chi connectivity index (χ0n) is 13.3. The number of aromatic nitrogens is 1. The number of anilines is 1. The van der Waals surface area contributed by atoms with Gasteiger partial charge in [0, 0.05) is 36.7 Å². The number of rotatable bonds is 3. The highest BCUT2D eigenvalue weighted by Crippen LogP contribution is 2.31. The Hall–Kier alpha value is -0.800. The van der Waals surface area contributed by atoms with E-state index < -0.39 is 0 Å². The second kappa shape index (κ2) is 6.13. The molecule has 3 rings (SSSR count). The first-order valence-corrected chi connectivity index (χ1v) is 8.65. The molecular formula is C17H26ClN3. The van der Waals surface area contributed by atoms with E-state index in [9.17, 15) is 0 Å². The van der Waals surface area contributed by atoms with Gasteiger partial charge in [0.1, 0.15) is 5.82 Å². The Labute approximate surface area is 133 Å². The summed E-state index contributed by atoms with van der Waals surface area (Å²) in [6, 6.07) is 5.78. The third-order valence-electron chi connectivity index (χ3n) is 5.11. The van der Waals surface area contributed by atoms with Crippen molar-refractivity contribution in [3.05, 3.63) is 23.4 Å². The monoisotopic (exact) mass is 307 g/mol. The van der Waals surface area contributed by atoms with Crippen molar-refractivity contribution in [2.75, 3.05) is 25.0 Å². The molecule has 0 aliphatic carbocycles. The minimum Gasteiger partial charge on any atom is -0.355 e. The summed E-state index contributed by atoms with van der Waals surface area (Å²) in [5.74, 6) is 2.13. The van der Waals surface area contributed by atoms with Crippen LogP contribution in [0.15, 0.2) is 12.1 Å². The molecule has 2 aliphatic rings. The van der Waals surface area contributed by atoms with Gasteiger partial charge in [-0.1, -0.05) is 13.8 Å². The van der Waals surface area contributed by atoms with Gasteiger partial charge in [-0.25, -0.2) is 4.98 Å². The fourth-order valence-corrected chi connectivity index (χ4v) is 3.80. The molecule has 3 nitrogen and oxygen atoms in total. The molecule has 116 valence electrons. The topological polar surface area (TPSA) is 19.4 Å². The Bertz CT molecular complexity index is 503. The van der Waals surface area contributed by atoms with Crippen molar-refractivity contribution in [2.45, 2.75) is 57.0 Å². The maximum Gasteiger partial charge on any atom is 0.129 e. The highest BCUT2D eigenvalue weighted by molar-refractivity contribution is 6.17. The predicted octanol–water partition coefficient (Wildman–Crippen LogP) is 3.62. The van der Waals surface area contributed by atoms with Crippen LogP contribution in [0.5, 0.6) is 0 Å². The third kappa shape index (κ3) is 3.04. The number of hydrogen-bond acceptors (Lipinski definition) is 3. The average Bonchev–Trinajstić information content (AvgIpc) is 2.71. The molecule has 0 aromatic carbocycles. The molecule has 2 unspecified atom stereocenters. The van der Waals surface area contributed by atoms with E-state index in [1.807, 2.05) is 0 Å². The summed E-state index contributed by atoms with van der Waals surface area (Å²) in [5, 5.41) is 0. The number of nitrogens with zero attached hydrogens (tertiary/aromatic N) is 3. The van der Waals surface area contributed by atoms with E-state index in [1.54, 1.807) is 0 Å². The lowest BCUT2D eigenvalue weighted by atomic mass is 10.1. The van der Waals surface area contributed by atoms with Gasteiger partial charge in [0.2, 0.25) is 0 Å². The van der Waals surface area contributed by atoms with Gasteiger partial charge in [0.05, 0.1) is 0 Å². The number of alkyl halides is 1. The Balaban J connectivity index is 1.87. The Kier molecular flexibility index (Phi) is 4.41. The van der Waals surface area contributed by atoms with Gasteiger partial charge in [-0.05, 0) is 49.9 Å². The molecule has 0 N–H and O–H groups in total. The molecule has 0 saturated carbocycles. The summed E-state index contributed by atoms with van der Waals surface area (Å²) in [4.78, 5) is 9.96. The van der Waals surface area contributed by atoms with E-state index in [4.69, 9.17) is 16.6 Å². The molecule has 1 aromatic heterocycles. The van der Waals surface area contributed by atoms with Crippen LogP contribution in [-0.2, 0) is 5.88 Å². The predicted molar refractivity (Wildman–Crippen MR) is 89.3 cm³/mol. The van der Waals surface area contributed by atoms with Gasteiger partial charge in [-0.3, -0.25) is 4.90 Å². The van der Waals surface area contributed by atoms with E-state index in [0.29, 0.717) is 17.8 Å². The van der Waals surface area contributed by atoms with Crippen LogP contribution in [-0.4, -0.2) is 42.1 Å². The summed E-state index contributed by atoms with van der Waals surface area (Å²) >= 11 is 6.08. The number of hydrogen-bond donors (Lipinski definition) is 0. The van der Waals surface area contributed by atoms with Crippen LogP contribution in [0.2, 0.25) is 0 Å². The molecule has 1 aromatic rings. The van der Waals surface area contributed by atoms with Crippen LogP contribution in [0.1, 0.15) is 50.3 Å². The highest BCUT2D eigenvalue weighted by atomic mass is 35.5. The average molecular weight is 308 g/mol. The molecule has 21 heavy (non-hydrogen) atoms. The van der Waals surface area contributed by atoms with Crippen molar-refractivity contribution in [2.24, 2.45) is 0 Å². The van der Waals surface area contributed by atoms with Crippen molar-refractivity contribution in [3.63, 3.8) is 0 Å². The molecule has 4 heteroatoms. The van der Waals surface area contributed by atoms with Gasteiger partial charge in [0.25, 0.3) is 0 Å². The van der Waals surface area contributed by atoms with Crippen molar-refractivity contribution < 1.29 is 0 Å². The zero-order chi connectivity index (χ0) is 15.0. The minimum atomic E-state index is 0.443. The standard InChI is InChI=1S/C17H26ClN3/c1-12(2)16-8-13(10-18)9-17(19-16)21-7-6-14-4-5-15(11-21)20(14)3/h8-9,12,14-15H,4-7,10-11H2,1-3H3. The first-order chi connectivity index (χ1) is 10.1. The van der Waals surface area contributed by atoms with Gasteiger partial charge >= 0.3 is 0 Å². The first kappa shape index (κ1) is 15.1. The summed E-state index contributed by atoms with van der Waals surface area (Å²) < 4.78 is 0. The fraction of sp³-hybridized carbons (Fsp3) is 0.706. The Morgan fingerprint density at radius 1 is 1.24 bits per heavy atom. The molecule has 2 aliphatic heterocycles. The molecule has 0 spiro atoms. The molecule has 2 atom stereocenters. The SMILES string of the molecule is CC(C)c1cc(CCl)cc(N2CCC3CCC(C2)N3C)n1. The van der Waals surface area contributed by atoms with Crippen LogP contribution < -0.4 is 4.90 Å². The Morgan fingerprint density at radius 2 is 2.00 bits per heavy atom. The van der Waals surface area contributed by atoms with Crippen LogP contribution in [0.4, 0.5) is 5.82 Å². The summed E-state index contributed by atoms with van der Waals surface area (Å²) in [6.45, 7) is 6.61. The molecule has 2 saturated heterocycles. The summed E-state index contributed by atoms with van der Waals surface area (Å²) in [5.41, 5.74) is 2.35. The highest BCUT2D eigenvalue weighted by Gasteiger charge is 2.35. The number of halogens is 1. The van der Waals surface area contributed by atoms with E-state index in [2.05, 4.69) is 42.8 Å². The lowest BCUT2D eigenvalue weighted by molar-refractivity contribution is 0.254. The molecule has 3 heterocycles. The molecule has 2 bridgehead atoms. The zero-order valence-corrected chi connectivity index (χ0v) is 14.1. The smallest absolute Gasteiger partial charge is 0.129 e. The van der Waals surface area contributed by atoms with Crippen LogP contribution in [0.3, 0.4) is 0 Å². The van der Waals surface area contributed by atoms with Crippen LogP contribution in [0.25, 0.3) is 0 Å². The molecule has 0 amide bonds. The fourth-order valence-electron chi connectivity index (χ4n) is 3.65. The number of likely N-dealkylation sites (N-methyl/N-ethyl adjacent to an activating group) is 1. The second-order valence-corrected chi connectivity index (χ2v) is 7.10. The Morgan fingerprint density at radius 3 is 2.71 bits per heavy atom. The third-order valence-corrected chi connectivity index (χ3v) is 5.42. The minimum absolute atomic E-state index is 0.443. The van der Waals surface area contributed by atoms with Gasteiger partial charge < -0.3 is 4.90 Å². The van der Waals surface area contributed by atoms with E-state index in [-0.39, 0.29) is 0 Å². The first-order valence-electron chi connectivity index (χ1n) is 8.12. The van der Waals surface area contributed by atoms with Gasteiger partial charge in [-0.15, -0.1) is 11.6 Å². The number of fused-ring (bicyclic) bond motifs is 2. The number of pyridine rings is 1. The van der Waals surface area contributed by atoms with Crippen molar-refractivity contribution in [3.8, 4) is 0 Å². The maximum absolute atomic E-state index is 6.08. The van der Waals surface area contributed by atoms with Crippen molar-refractivity contribution in [1.82, 2.24) is 9.88 Å². The van der Waals surface area contributed by atoms with Crippen LogP contribution in [0, 0.1) is 0 Å². The maximum atomic E-state index is 6.08. The second-order valence-electron chi connectivity index (χ2n) is 6.83. The van der Waals surface area contributed by atoms with E-state index in [1.165, 1.54) is 24.8 Å². The molecule has 2 fully saturated rings. The largest absolute Gasteiger partial charge is 0.355 e. The van der Waals surface area contributed by atoms with Gasteiger partial charge in [-0.2, -0.15) is 0 Å². The van der Waals surface area contributed by atoms with E-state index in [0.717, 1.165) is 30.6 Å². The van der Waals surface area contributed by atoms with Gasteiger partial charge in [0.15, 0.2) is 0 Å². The lowest BCUT2D eigenvalue weighted by Crippen LogP contribution is -2.37. The van der Waals surface area contributed by atoms with Crippen molar-refractivity contribution >= 4 is 17.4 Å². The summed E-state index contributed by atoms with van der Waals surface area (Å²) in [6.07, 6.45) is 3.93. The normalized spacial score (nSPS) is 26.4. The van der Waals surface area contributed by atoms with Crippen molar-refractivity contribution in [1.29, 1.82) is 0 Å². The molecule has 0 radical (unpaired) electrons. The lowest BCUT2D eigenvalue weighted by Gasteiger charge is -2.27.